The fourth-order valence-electron chi connectivity index (χ4n) is 1.86. The van der Waals surface area contributed by atoms with Crippen molar-refractivity contribution in [3.05, 3.63) is 35.9 Å². The van der Waals surface area contributed by atoms with Gasteiger partial charge in [0, 0.05) is 7.05 Å². The number of benzene rings is 1. The van der Waals surface area contributed by atoms with E-state index in [9.17, 15) is 4.79 Å². The van der Waals surface area contributed by atoms with Gasteiger partial charge in [-0.3, -0.25) is 10.1 Å². The van der Waals surface area contributed by atoms with Gasteiger partial charge in [0.05, 0.1) is 12.7 Å². The maximum atomic E-state index is 11.6. The van der Waals surface area contributed by atoms with E-state index in [1.165, 1.54) is 5.56 Å². The van der Waals surface area contributed by atoms with Crippen molar-refractivity contribution in [2.75, 3.05) is 13.7 Å². The van der Waals surface area contributed by atoms with Crippen LogP contribution in [0.4, 0.5) is 0 Å². The first-order chi connectivity index (χ1) is 7.27. The van der Waals surface area contributed by atoms with Crippen molar-refractivity contribution in [3.63, 3.8) is 0 Å². The van der Waals surface area contributed by atoms with E-state index in [1.807, 2.05) is 25.2 Å². The Labute approximate surface area is 90.1 Å². The summed E-state index contributed by atoms with van der Waals surface area (Å²) in [5, 5.41) is 3.20. The van der Waals surface area contributed by atoms with Gasteiger partial charge in [0.25, 0.3) is 0 Å². The van der Waals surface area contributed by atoms with Crippen LogP contribution in [0, 0.1) is 0 Å². The Morgan fingerprint density at radius 3 is 2.73 bits per heavy atom. The van der Waals surface area contributed by atoms with Crippen LogP contribution in [-0.4, -0.2) is 30.6 Å². The number of rotatable bonds is 3. The summed E-state index contributed by atoms with van der Waals surface area (Å²) in [5.41, 5.74) is 1.29. The number of carbonyl (C=O) groups excluding carboxylic acids is 1. The molecule has 80 valence electrons. The molecule has 1 amide bonds. The molecule has 3 nitrogen and oxygen atoms in total. The van der Waals surface area contributed by atoms with E-state index >= 15 is 0 Å². The zero-order valence-corrected chi connectivity index (χ0v) is 8.94. The Balaban J connectivity index is 1.87. The monoisotopic (exact) mass is 204 g/mol. The molecule has 0 unspecified atom stereocenters. The minimum Gasteiger partial charge on any atom is -0.332 e. The predicted octanol–water partition coefficient (Wildman–Crippen LogP) is 1.01. The van der Waals surface area contributed by atoms with Crippen LogP contribution in [0.25, 0.3) is 0 Å². The van der Waals surface area contributed by atoms with E-state index in [0.29, 0.717) is 6.67 Å². The van der Waals surface area contributed by atoms with Crippen LogP contribution in [-0.2, 0) is 11.2 Å². The molecule has 1 heterocycles. The van der Waals surface area contributed by atoms with Crippen LogP contribution < -0.4 is 5.32 Å². The highest BCUT2D eigenvalue weighted by molar-refractivity contribution is 5.83. The van der Waals surface area contributed by atoms with Gasteiger partial charge in [0.15, 0.2) is 0 Å². The lowest BCUT2D eigenvalue weighted by atomic mass is 10.1. The van der Waals surface area contributed by atoms with Crippen molar-refractivity contribution in [2.24, 2.45) is 0 Å². The Morgan fingerprint density at radius 1 is 1.40 bits per heavy atom. The first-order valence-electron chi connectivity index (χ1n) is 5.29. The van der Waals surface area contributed by atoms with Crippen molar-refractivity contribution in [1.82, 2.24) is 10.2 Å². The quantitative estimate of drug-likeness (QED) is 0.797. The van der Waals surface area contributed by atoms with Crippen LogP contribution >= 0.6 is 0 Å². The Kier molecular flexibility index (Phi) is 3.02. The van der Waals surface area contributed by atoms with Crippen molar-refractivity contribution in [2.45, 2.75) is 18.9 Å². The van der Waals surface area contributed by atoms with Crippen LogP contribution in [0.5, 0.6) is 0 Å². The highest BCUT2D eigenvalue weighted by Gasteiger charge is 2.27. The van der Waals surface area contributed by atoms with Gasteiger partial charge in [-0.2, -0.15) is 0 Å². The van der Waals surface area contributed by atoms with Crippen molar-refractivity contribution in [1.29, 1.82) is 0 Å². The molecular weight excluding hydrogens is 188 g/mol. The van der Waals surface area contributed by atoms with Gasteiger partial charge >= 0.3 is 0 Å². The first-order valence-corrected chi connectivity index (χ1v) is 5.29. The lowest BCUT2D eigenvalue weighted by Gasteiger charge is -2.08. The molecule has 1 N–H and O–H groups in total. The molecule has 0 radical (unpaired) electrons. The van der Waals surface area contributed by atoms with E-state index in [4.69, 9.17) is 0 Å². The summed E-state index contributed by atoms with van der Waals surface area (Å²) in [7, 11) is 1.83. The molecule has 1 saturated heterocycles. The molecule has 1 aliphatic rings. The number of nitrogens with zero attached hydrogens (tertiary/aromatic N) is 1. The average molecular weight is 204 g/mol. The number of amides is 1. The molecule has 1 atom stereocenters. The van der Waals surface area contributed by atoms with Gasteiger partial charge < -0.3 is 4.90 Å². The summed E-state index contributed by atoms with van der Waals surface area (Å²) < 4.78 is 0. The van der Waals surface area contributed by atoms with Crippen molar-refractivity contribution < 1.29 is 4.79 Å². The third kappa shape index (κ3) is 2.36. The molecule has 2 rings (SSSR count). The van der Waals surface area contributed by atoms with E-state index in [1.54, 1.807) is 4.90 Å². The Bertz CT molecular complexity index is 337. The third-order valence-corrected chi connectivity index (χ3v) is 2.81. The minimum atomic E-state index is 0.00945. The van der Waals surface area contributed by atoms with Gasteiger partial charge in [-0.25, -0.2) is 0 Å². The highest BCUT2D eigenvalue weighted by atomic mass is 16.2. The first kappa shape index (κ1) is 10.2. The van der Waals surface area contributed by atoms with Crippen LogP contribution in [0.1, 0.15) is 12.0 Å². The summed E-state index contributed by atoms with van der Waals surface area (Å²) >= 11 is 0. The second kappa shape index (κ2) is 4.45. The summed E-state index contributed by atoms with van der Waals surface area (Å²) in [5.74, 6) is 0.214. The number of likely N-dealkylation sites (N-methyl/N-ethyl adjacent to an activating group) is 1. The van der Waals surface area contributed by atoms with E-state index < -0.39 is 0 Å². The van der Waals surface area contributed by atoms with E-state index in [0.717, 1.165) is 12.8 Å². The van der Waals surface area contributed by atoms with Crippen LogP contribution in [0.15, 0.2) is 30.3 Å². The number of carbonyl (C=O) groups is 1. The van der Waals surface area contributed by atoms with E-state index in [2.05, 4.69) is 17.4 Å². The zero-order valence-electron chi connectivity index (χ0n) is 8.94. The molecule has 0 saturated carbocycles. The number of aryl methyl sites for hydroxylation is 1. The molecule has 0 aliphatic carbocycles. The van der Waals surface area contributed by atoms with Crippen LogP contribution in [0.2, 0.25) is 0 Å². The highest BCUT2D eigenvalue weighted by Crippen LogP contribution is 2.09. The maximum Gasteiger partial charge on any atom is 0.240 e. The molecule has 15 heavy (non-hydrogen) atoms. The molecule has 0 aromatic heterocycles. The average Bonchev–Trinajstić information content (AvgIpc) is 2.59. The van der Waals surface area contributed by atoms with Crippen LogP contribution in [0.3, 0.4) is 0 Å². The number of hydrogen-bond donors (Lipinski definition) is 1. The molecule has 0 bridgehead atoms. The predicted molar refractivity (Wildman–Crippen MR) is 59.3 cm³/mol. The molecule has 1 aromatic rings. The number of hydrogen-bond acceptors (Lipinski definition) is 2. The fraction of sp³-hybridized carbons (Fsp3) is 0.417. The van der Waals surface area contributed by atoms with Gasteiger partial charge in [-0.1, -0.05) is 30.3 Å². The summed E-state index contributed by atoms with van der Waals surface area (Å²) in [4.78, 5) is 13.3. The summed E-state index contributed by atoms with van der Waals surface area (Å²) in [6.45, 7) is 0.679. The Hall–Kier alpha value is -1.35. The Morgan fingerprint density at radius 2 is 2.13 bits per heavy atom. The van der Waals surface area contributed by atoms with Crippen molar-refractivity contribution in [3.8, 4) is 0 Å². The van der Waals surface area contributed by atoms with Crippen molar-refractivity contribution >= 4 is 5.91 Å². The third-order valence-electron chi connectivity index (χ3n) is 2.81. The normalized spacial score (nSPS) is 21.0. The van der Waals surface area contributed by atoms with Gasteiger partial charge in [0.1, 0.15) is 0 Å². The van der Waals surface area contributed by atoms with Gasteiger partial charge in [-0.05, 0) is 18.4 Å². The molecule has 0 spiro atoms. The molecular formula is C12H16N2O. The maximum absolute atomic E-state index is 11.6. The second-order valence-corrected chi connectivity index (χ2v) is 3.98. The lowest BCUT2D eigenvalue weighted by molar-refractivity contribution is -0.127. The topological polar surface area (TPSA) is 32.3 Å². The molecule has 3 heteroatoms. The standard InChI is InChI=1S/C12H16N2O/c1-14-9-13-11(12(14)15)8-7-10-5-3-2-4-6-10/h2-6,11,13H,7-9H2,1H3/t11-/m0/s1. The zero-order chi connectivity index (χ0) is 10.7. The SMILES string of the molecule is CN1CN[C@@H](CCc2ccccc2)C1=O. The largest absolute Gasteiger partial charge is 0.332 e. The molecule has 1 aliphatic heterocycles. The summed E-state index contributed by atoms with van der Waals surface area (Å²) in [6.07, 6.45) is 1.84. The number of nitrogens with one attached hydrogen (secondary N) is 1. The second-order valence-electron chi connectivity index (χ2n) is 3.98. The minimum absolute atomic E-state index is 0.00945. The van der Waals surface area contributed by atoms with Gasteiger partial charge in [-0.15, -0.1) is 0 Å². The lowest BCUT2D eigenvalue weighted by Crippen LogP contribution is -2.29. The van der Waals surface area contributed by atoms with Gasteiger partial charge in [0.2, 0.25) is 5.91 Å². The summed E-state index contributed by atoms with van der Waals surface area (Å²) in [6, 6.07) is 10.3. The molecule has 1 aromatic carbocycles. The molecule has 1 fully saturated rings. The van der Waals surface area contributed by atoms with E-state index in [-0.39, 0.29) is 11.9 Å². The fourth-order valence-corrected chi connectivity index (χ4v) is 1.86. The smallest absolute Gasteiger partial charge is 0.240 e.